The quantitative estimate of drug-likeness (QED) is 0.899. The number of nitrogens with one attached hydrogen (secondary N) is 1. The van der Waals surface area contributed by atoms with Crippen molar-refractivity contribution in [2.45, 2.75) is 18.5 Å². The lowest BCUT2D eigenvalue weighted by Gasteiger charge is -2.16. The Labute approximate surface area is 110 Å². The minimum Gasteiger partial charge on any atom is -0.496 e. The number of benzene rings is 1. The van der Waals surface area contributed by atoms with Crippen LogP contribution in [0.1, 0.15) is 23.5 Å². The highest BCUT2D eigenvalue weighted by molar-refractivity contribution is 5.85. The van der Waals surface area contributed by atoms with Crippen molar-refractivity contribution in [2.75, 3.05) is 20.2 Å². The molecule has 0 radical (unpaired) electrons. The van der Waals surface area contributed by atoms with Gasteiger partial charge in [-0.05, 0) is 30.7 Å². The van der Waals surface area contributed by atoms with Gasteiger partial charge in [0.05, 0.1) is 12.7 Å². The maximum absolute atomic E-state index is 12.5. The third kappa shape index (κ3) is 3.09. The highest BCUT2D eigenvalue weighted by Gasteiger charge is 2.32. The summed E-state index contributed by atoms with van der Waals surface area (Å²) in [6, 6.07) is 3.73. The smallest absolute Gasteiger partial charge is 0.416 e. The van der Waals surface area contributed by atoms with Gasteiger partial charge < -0.3 is 10.1 Å². The van der Waals surface area contributed by atoms with E-state index < -0.39 is 11.7 Å². The second kappa shape index (κ2) is 5.80. The van der Waals surface area contributed by atoms with Gasteiger partial charge in [0, 0.05) is 12.5 Å². The van der Waals surface area contributed by atoms with Crippen molar-refractivity contribution in [1.29, 1.82) is 0 Å². The molecule has 102 valence electrons. The van der Waals surface area contributed by atoms with E-state index in [1.165, 1.54) is 13.2 Å². The molecule has 0 aromatic heterocycles. The van der Waals surface area contributed by atoms with Crippen LogP contribution in [-0.4, -0.2) is 20.2 Å². The summed E-state index contributed by atoms with van der Waals surface area (Å²) in [5.41, 5.74) is 0.189. The summed E-state index contributed by atoms with van der Waals surface area (Å²) in [5.74, 6) is 0.570. The Hall–Kier alpha value is -0.940. The average Bonchev–Trinajstić information content (AvgIpc) is 2.80. The van der Waals surface area contributed by atoms with E-state index in [0.29, 0.717) is 5.75 Å². The van der Waals surface area contributed by atoms with Crippen LogP contribution in [0.3, 0.4) is 0 Å². The van der Waals surface area contributed by atoms with E-state index in [1.54, 1.807) is 0 Å². The molecule has 1 unspecified atom stereocenters. The molecule has 0 amide bonds. The molecule has 18 heavy (non-hydrogen) atoms. The summed E-state index contributed by atoms with van der Waals surface area (Å²) in [7, 11) is 1.40. The van der Waals surface area contributed by atoms with Crippen molar-refractivity contribution in [2.24, 2.45) is 0 Å². The summed E-state index contributed by atoms with van der Waals surface area (Å²) < 4.78 is 42.7. The van der Waals surface area contributed by atoms with Gasteiger partial charge in [0.15, 0.2) is 0 Å². The fourth-order valence-corrected chi connectivity index (χ4v) is 2.14. The van der Waals surface area contributed by atoms with Gasteiger partial charge in [-0.2, -0.15) is 13.2 Å². The molecular weight excluding hydrogens is 267 g/mol. The molecule has 6 heteroatoms. The van der Waals surface area contributed by atoms with Gasteiger partial charge >= 0.3 is 6.18 Å². The van der Waals surface area contributed by atoms with Crippen molar-refractivity contribution in [1.82, 2.24) is 5.32 Å². The Balaban J connectivity index is 0.00000162. The number of ether oxygens (including phenoxy) is 1. The van der Waals surface area contributed by atoms with E-state index in [9.17, 15) is 13.2 Å². The number of alkyl halides is 3. The summed E-state index contributed by atoms with van der Waals surface area (Å²) in [5, 5.41) is 3.19. The fourth-order valence-electron chi connectivity index (χ4n) is 2.14. The zero-order valence-corrected chi connectivity index (χ0v) is 10.7. The SMILES string of the molecule is COc1cc(C(F)(F)F)ccc1C1CCNC1.Cl. The van der Waals surface area contributed by atoms with E-state index in [1.807, 2.05) is 0 Å². The first-order valence-electron chi connectivity index (χ1n) is 5.48. The molecule has 0 aliphatic carbocycles. The third-order valence-electron chi connectivity index (χ3n) is 3.06. The summed E-state index contributed by atoms with van der Waals surface area (Å²) >= 11 is 0. The number of methoxy groups -OCH3 is 1. The van der Waals surface area contributed by atoms with Crippen molar-refractivity contribution >= 4 is 12.4 Å². The van der Waals surface area contributed by atoms with Gasteiger partial charge in [-0.3, -0.25) is 0 Å². The van der Waals surface area contributed by atoms with Gasteiger partial charge in [-0.15, -0.1) is 12.4 Å². The molecule has 1 aromatic carbocycles. The zero-order valence-electron chi connectivity index (χ0n) is 9.88. The van der Waals surface area contributed by atoms with Gasteiger partial charge in [0.2, 0.25) is 0 Å². The number of halogens is 4. The van der Waals surface area contributed by atoms with E-state index in [4.69, 9.17) is 4.74 Å². The van der Waals surface area contributed by atoms with E-state index in [0.717, 1.165) is 37.2 Å². The van der Waals surface area contributed by atoms with Gasteiger partial charge in [-0.1, -0.05) is 6.07 Å². The molecule has 1 atom stereocenters. The Kier molecular flexibility index (Phi) is 4.87. The van der Waals surface area contributed by atoms with E-state index in [-0.39, 0.29) is 18.3 Å². The topological polar surface area (TPSA) is 21.3 Å². The summed E-state index contributed by atoms with van der Waals surface area (Å²) in [6.45, 7) is 1.69. The van der Waals surface area contributed by atoms with Crippen LogP contribution in [0.5, 0.6) is 5.75 Å². The summed E-state index contributed by atoms with van der Waals surface area (Å²) in [4.78, 5) is 0. The van der Waals surface area contributed by atoms with E-state index in [2.05, 4.69) is 5.32 Å². The Morgan fingerprint density at radius 2 is 2.06 bits per heavy atom. The van der Waals surface area contributed by atoms with Gasteiger partial charge in [0.1, 0.15) is 5.75 Å². The van der Waals surface area contributed by atoms with Gasteiger partial charge in [0.25, 0.3) is 0 Å². The number of hydrogen-bond acceptors (Lipinski definition) is 2. The molecule has 1 aliphatic rings. The third-order valence-corrected chi connectivity index (χ3v) is 3.06. The van der Waals surface area contributed by atoms with Crippen LogP contribution >= 0.6 is 12.4 Å². The zero-order chi connectivity index (χ0) is 12.5. The molecule has 0 saturated carbocycles. The largest absolute Gasteiger partial charge is 0.496 e. The van der Waals surface area contributed by atoms with Crippen LogP contribution < -0.4 is 10.1 Å². The number of hydrogen-bond donors (Lipinski definition) is 1. The minimum absolute atomic E-state index is 0. The molecule has 1 aliphatic heterocycles. The molecule has 2 rings (SSSR count). The molecule has 1 N–H and O–H groups in total. The fraction of sp³-hybridized carbons (Fsp3) is 0.500. The normalized spacial score (nSPS) is 19.4. The van der Waals surface area contributed by atoms with Crippen LogP contribution in [0.2, 0.25) is 0 Å². The molecule has 1 saturated heterocycles. The summed E-state index contributed by atoms with van der Waals surface area (Å²) in [6.07, 6.45) is -3.39. The standard InChI is InChI=1S/C12H14F3NO.ClH/c1-17-11-6-9(12(13,14)15)2-3-10(11)8-4-5-16-7-8;/h2-3,6,8,16H,4-5,7H2,1H3;1H. The monoisotopic (exact) mass is 281 g/mol. The van der Waals surface area contributed by atoms with Crippen LogP contribution in [0.4, 0.5) is 13.2 Å². The van der Waals surface area contributed by atoms with Crippen molar-refractivity contribution in [3.05, 3.63) is 29.3 Å². The molecule has 1 fully saturated rings. The van der Waals surface area contributed by atoms with Crippen LogP contribution in [0, 0.1) is 0 Å². The van der Waals surface area contributed by atoms with Crippen LogP contribution in [0.15, 0.2) is 18.2 Å². The minimum atomic E-state index is -4.32. The van der Waals surface area contributed by atoms with Gasteiger partial charge in [-0.25, -0.2) is 0 Å². The highest BCUT2D eigenvalue weighted by atomic mass is 35.5. The van der Waals surface area contributed by atoms with Crippen molar-refractivity contribution in [3.8, 4) is 5.75 Å². The predicted molar refractivity (Wildman–Crippen MR) is 65.5 cm³/mol. The molecule has 1 heterocycles. The van der Waals surface area contributed by atoms with Crippen LogP contribution in [-0.2, 0) is 6.18 Å². The lowest BCUT2D eigenvalue weighted by Crippen LogP contribution is -2.10. The first kappa shape index (κ1) is 15.1. The lowest BCUT2D eigenvalue weighted by molar-refractivity contribution is -0.137. The second-order valence-corrected chi connectivity index (χ2v) is 4.14. The maximum atomic E-state index is 12.5. The highest BCUT2D eigenvalue weighted by Crippen LogP contribution is 2.36. The number of rotatable bonds is 2. The second-order valence-electron chi connectivity index (χ2n) is 4.14. The predicted octanol–water partition coefficient (Wildman–Crippen LogP) is 3.21. The molecule has 2 nitrogen and oxygen atoms in total. The molecule has 0 spiro atoms. The van der Waals surface area contributed by atoms with Crippen molar-refractivity contribution in [3.63, 3.8) is 0 Å². The molecular formula is C12H15ClF3NO. The van der Waals surface area contributed by atoms with E-state index >= 15 is 0 Å². The first-order valence-corrected chi connectivity index (χ1v) is 5.48. The van der Waals surface area contributed by atoms with Crippen LogP contribution in [0.25, 0.3) is 0 Å². The first-order chi connectivity index (χ1) is 8.02. The molecule has 0 bridgehead atoms. The van der Waals surface area contributed by atoms with Crippen molar-refractivity contribution < 1.29 is 17.9 Å². The Morgan fingerprint density at radius 3 is 2.56 bits per heavy atom. The average molecular weight is 282 g/mol. The Bertz CT molecular complexity index is 403. The lowest BCUT2D eigenvalue weighted by atomic mass is 9.96. The Morgan fingerprint density at radius 1 is 1.33 bits per heavy atom. The maximum Gasteiger partial charge on any atom is 0.416 e. The molecule has 1 aromatic rings.